The van der Waals surface area contributed by atoms with Crippen molar-refractivity contribution in [3.63, 3.8) is 0 Å². The molecule has 0 saturated heterocycles. The molecule has 0 radical (unpaired) electrons. The Morgan fingerprint density at radius 3 is 2.54 bits per heavy atom. The molecule has 0 unspecified atom stereocenters. The predicted molar refractivity (Wildman–Crippen MR) is 115 cm³/mol. The lowest BCUT2D eigenvalue weighted by Gasteiger charge is -2.09. The van der Waals surface area contributed by atoms with E-state index in [-0.39, 0.29) is 11.0 Å². The number of rotatable bonds is 3. The summed E-state index contributed by atoms with van der Waals surface area (Å²) in [5.41, 5.74) is 3.21. The SMILES string of the molecule is O=C(NC(=S)Nc1ccc2oc(-c3ccccc3Cl)nc2c1)c1ccccc1. The Morgan fingerprint density at radius 2 is 1.75 bits per heavy atom. The minimum Gasteiger partial charge on any atom is -0.436 e. The fourth-order valence-electron chi connectivity index (χ4n) is 2.68. The number of hydrogen-bond donors (Lipinski definition) is 2. The smallest absolute Gasteiger partial charge is 0.257 e. The molecule has 0 bridgehead atoms. The normalized spacial score (nSPS) is 10.6. The quantitative estimate of drug-likeness (QED) is 0.452. The van der Waals surface area contributed by atoms with Gasteiger partial charge in [-0.1, -0.05) is 41.9 Å². The summed E-state index contributed by atoms with van der Waals surface area (Å²) in [6.07, 6.45) is 0. The molecule has 3 aromatic carbocycles. The molecule has 1 amide bonds. The van der Waals surface area contributed by atoms with Gasteiger partial charge in [-0.05, 0) is 54.7 Å². The van der Waals surface area contributed by atoms with E-state index in [0.717, 1.165) is 5.56 Å². The minimum absolute atomic E-state index is 0.197. The molecule has 138 valence electrons. The first-order valence-corrected chi connectivity index (χ1v) is 9.21. The first kappa shape index (κ1) is 18.2. The van der Waals surface area contributed by atoms with Crippen LogP contribution in [-0.2, 0) is 0 Å². The molecular formula is C21H14ClN3O2S. The second-order valence-electron chi connectivity index (χ2n) is 5.96. The molecule has 0 atom stereocenters. The van der Waals surface area contributed by atoms with Crippen LogP contribution in [0.3, 0.4) is 0 Å². The van der Waals surface area contributed by atoms with Gasteiger partial charge >= 0.3 is 0 Å². The standard InChI is InChI=1S/C21H14ClN3O2S/c22-16-9-5-4-8-15(16)20-24-17-12-14(10-11-18(17)27-20)23-21(28)25-19(26)13-6-2-1-3-7-13/h1-12H,(H2,23,25,26,28). The number of nitrogens with one attached hydrogen (secondary N) is 2. The van der Waals surface area contributed by atoms with Gasteiger partial charge in [-0.2, -0.15) is 0 Å². The number of carbonyl (C=O) groups excluding carboxylic acids is 1. The Bertz CT molecular complexity index is 1170. The third-order valence-electron chi connectivity index (χ3n) is 4.01. The van der Waals surface area contributed by atoms with Crippen LogP contribution in [0.15, 0.2) is 77.2 Å². The van der Waals surface area contributed by atoms with Gasteiger partial charge in [-0.15, -0.1) is 0 Å². The van der Waals surface area contributed by atoms with Gasteiger partial charge in [0.1, 0.15) is 5.52 Å². The van der Waals surface area contributed by atoms with Gasteiger partial charge in [0.25, 0.3) is 5.91 Å². The summed E-state index contributed by atoms with van der Waals surface area (Å²) in [5, 5.41) is 6.40. The van der Waals surface area contributed by atoms with Crippen LogP contribution in [0.2, 0.25) is 5.02 Å². The highest BCUT2D eigenvalue weighted by Crippen LogP contribution is 2.30. The topological polar surface area (TPSA) is 67.2 Å². The Hall–Kier alpha value is -3.22. The number of benzene rings is 3. The number of carbonyl (C=O) groups is 1. The summed E-state index contributed by atoms with van der Waals surface area (Å²) >= 11 is 11.4. The number of anilines is 1. The molecule has 0 aliphatic heterocycles. The zero-order chi connectivity index (χ0) is 19.5. The van der Waals surface area contributed by atoms with E-state index in [1.807, 2.05) is 24.3 Å². The number of amides is 1. The van der Waals surface area contributed by atoms with Crippen molar-refractivity contribution in [2.75, 3.05) is 5.32 Å². The molecule has 4 aromatic rings. The molecular weight excluding hydrogens is 394 g/mol. The molecule has 0 saturated carbocycles. The molecule has 4 rings (SSSR count). The van der Waals surface area contributed by atoms with Crippen molar-refractivity contribution < 1.29 is 9.21 Å². The van der Waals surface area contributed by atoms with Gasteiger partial charge in [0, 0.05) is 11.3 Å². The molecule has 0 aliphatic rings. The third kappa shape index (κ3) is 3.88. The lowest BCUT2D eigenvalue weighted by Crippen LogP contribution is -2.34. The number of aromatic nitrogens is 1. The van der Waals surface area contributed by atoms with E-state index in [0.29, 0.717) is 33.3 Å². The van der Waals surface area contributed by atoms with E-state index >= 15 is 0 Å². The van der Waals surface area contributed by atoms with E-state index in [1.54, 1.807) is 48.5 Å². The van der Waals surface area contributed by atoms with Crippen LogP contribution < -0.4 is 10.6 Å². The second kappa shape index (κ2) is 7.80. The van der Waals surface area contributed by atoms with E-state index in [1.165, 1.54) is 0 Å². The van der Waals surface area contributed by atoms with Gasteiger partial charge in [-0.3, -0.25) is 10.1 Å². The first-order chi connectivity index (χ1) is 13.6. The van der Waals surface area contributed by atoms with Crippen LogP contribution >= 0.6 is 23.8 Å². The molecule has 0 aliphatic carbocycles. The fourth-order valence-corrected chi connectivity index (χ4v) is 3.11. The number of fused-ring (bicyclic) bond motifs is 1. The third-order valence-corrected chi connectivity index (χ3v) is 4.55. The molecule has 28 heavy (non-hydrogen) atoms. The van der Waals surface area contributed by atoms with E-state index in [2.05, 4.69) is 15.6 Å². The monoisotopic (exact) mass is 407 g/mol. The Morgan fingerprint density at radius 1 is 1.00 bits per heavy atom. The summed E-state index contributed by atoms with van der Waals surface area (Å²) in [7, 11) is 0. The minimum atomic E-state index is -0.276. The fraction of sp³-hybridized carbons (Fsp3) is 0. The largest absolute Gasteiger partial charge is 0.436 e. The average molecular weight is 408 g/mol. The van der Waals surface area contributed by atoms with Crippen LogP contribution in [0.5, 0.6) is 0 Å². The first-order valence-electron chi connectivity index (χ1n) is 8.43. The van der Waals surface area contributed by atoms with Crippen molar-refractivity contribution in [1.29, 1.82) is 0 Å². The van der Waals surface area contributed by atoms with E-state index < -0.39 is 0 Å². The van der Waals surface area contributed by atoms with Gasteiger partial charge < -0.3 is 9.73 Å². The highest BCUT2D eigenvalue weighted by atomic mass is 35.5. The number of hydrogen-bond acceptors (Lipinski definition) is 4. The van der Waals surface area contributed by atoms with Crippen molar-refractivity contribution in [3.8, 4) is 11.5 Å². The molecule has 1 aromatic heterocycles. The molecule has 0 spiro atoms. The number of halogens is 1. The highest BCUT2D eigenvalue weighted by Gasteiger charge is 2.12. The summed E-state index contributed by atoms with van der Waals surface area (Å²) in [5.74, 6) is 0.166. The van der Waals surface area contributed by atoms with Gasteiger partial charge in [-0.25, -0.2) is 4.98 Å². The summed E-state index contributed by atoms with van der Waals surface area (Å²) in [4.78, 5) is 16.7. The summed E-state index contributed by atoms with van der Waals surface area (Å²) in [6.45, 7) is 0. The summed E-state index contributed by atoms with van der Waals surface area (Å²) < 4.78 is 5.79. The Labute approximate surface area is 171 Å². The van der Waals surface area contributed by atoms with E-state index in [4.69, 9.17) is 28.2 Å². The van der Waals surface area contributed by atoms with Crippen molar-refractivity contribution in [1.82, 2.24) is 10.3 Å². The molecule has 0 fully saturated rings. The average Bonchev–Trinajstić information content (AvgIpc) is 3.12. The van der Waals surface area contributed by atoms with Crippen molar-refractivity contribution in [2.45, 2.75) is 0 Å². The maximum atomic E-state index is 12.2. The predicted octanol–water partition coefficient (Wildman–Crippen LogP) is 5.28. The zero-order valence-electron chi connectivity index (χ0n) is 14.5. The van der Waals surface area contributed by atoms with Gasteiger partial charge in [0.2, 0.25) is 5.89 Å². The maximum absolute atomic E-state index is 12.2. The van der Waals surface area contributed by atoms with Crippen molar-refractivity contribution in [2.24, 2.45) is 0 Å². The number of nitrogens with zero attached hydrogens (tertiary/aromatic N) is 1. The van der Waals surface area contributed by atoms with E-state index in [9.17, 15) is 4.79 Å². The molecule has 1 heterocycles. The lowest BCUT2D eigenvalue weighted by molar-refractivity contribution is 0.0977. The Balaban J connectivity index is 1.51. The van der Waals surface area contributed by atoms with Crippen LogP contribution in [0.25, 0.3) is 22.6 Å². The van der Waals surface area contributed by atoms with Crippen LogP contribution in [0.1, 0.15) is 10.4 Å². The summed E-state index contributed by atoms with van der Waals surface area (Å²) in [6, 6.07) is 21.6. The van der Waals surface area contributed by atoms with Crippen molar-refractivity contribution in [3.05, 3.63) is 83.4 Å². The molecule has 5 nitrogen and oxygen atoms in total. The van der Waals surface area contributed by atoms with Crippen molar-refractivity contribution >= 4 is 51.6 Å². The van der Waals surface area contributed by atoms with Gasteiger partial charge in [0.15, 0.2) is 10.7 Å². The van der Waals surface area contributed by atoms with Crippen LogP contribution in [-0.4, -0.2) is 16.0 Å². The lowest BCUT2D eigenvalue weighted by atomic mass is 10.2. The highest BCUT2D eigenvalue weighted by molar-refractivity contribution is 7.80. The number of oxazole rings is 1. The van der Waals surface area contributed by atoms with Gasteiger partial charge in [0.05, 0.1) is 10.6 Å². The Kier molecular flexibility index (Phi) is 5.06. The second-order valence-corrected chi connectivity index (χ2v) is 6.77. The van der Waals surface area contributed by atoms with Crippen LogP contribution in [0, 0.1) is 0 Å². The number of thiocarbonyl (C=S) groups is 1. The zero-order valence-corrected chi connectivity index (χ0v) is 16.1. The van der Waals surface area contributed by atoms with Crippen LogP contribution in [0.4, 0.5) is 5.69 Å². The molecule has 2 N–H and O–H groups in total. The molecule has 7 heteroatoms. The maximum Gasteiger partial charge on any atom is 0.257 e.